The van der Waals surface area contributed by atoms with Crippen molar-refractivity contribution < 1.29 is 23.8 Å². The van der Waals surface area contributed by atoms with Crippen LogP contribution in [0.4, 0.5) is 10.5 Å². The van der Waals surface area contributed by atoms with Crippen molar-refractivity contribution >= 4 is 40.5 Å². The lowest BCUT2D eigenvalue weighted by Crippen LogP contribution is -2.42. The van der Waals surface area contributed by atoms with Gasteiger partial charge in [-0.25, -0.2) is 14.8 Å². The zero-order valence-electron chi connectivity index (χ0n) is 23.3. The van der Waals surface area contributed by atoms with Crippen molar-refractivity contribution in [3.05, 3.63) is 35.7 Å². The molecule has 0 bridgehead atoms. The Bertz CT molecular complexity index is 1420. The van der Waals surface area contributed by atoms with Gasteiger partial charge in [-0.1, -0.05) is 11.8 Å². The number of fused-ring (bicyclic) bond motifs is 1. The van der Waals surface area contributed by atoms with Crippen LogP contribution in [-0.4, -0.2) is 57.6 Å². The van der Waals surface area contributed by atoms with Crippen molar-refractivity contribution in [2.45, 2.75) is 76.3 Å². The van der Waals surface area contributed by atoms with E-state index in [9.17, 15) is 14.9 Å². The molecule has 1 aliphatic rings. The third kappa shape index (κ3) is 7.57. The van der Waals surface area contributed by atoms with Crippen LogP contribution >= 0.6 is 11.8 Å². The van der Waals surface area contributed by atoms with E-state index in [2.05, 4.69) is 31.7 Å². The number of anilines is 1. The number of aryl methyl sites for hydroxylation is 1. The summed E-state index contributed by atoms with van der Waals surface area (Å²) in [5.41, 5.74) is 2.47. The van der Waals surface area contributed by atoms with Gasteiger partial charge < -0.3 is 29.8 Å². The van der Waals surface area contributed by atoms with Gasteiger partial charge in [0, 0.05) is 23.4 Å². The van der Waals surface area contributed by atoms with Gasteiger partial charge >= 0.3 is 6.09 Å². The Morgan fingerprint density at radius 1 is 1.20 bits per heavy atom. The molecule has 0 aliphatic heterocycles. The number of rotatable bonds is 8. The third-order valence-electron chi connectivity index (χ3n) is 6.33. The molecule has 0 unspecified atom stereocenters. The molecule has 0 radical (unpaired) electrons. The number of benzene rings is 1. The number of nitrogens with zero attached hydrogens (tertiary/aromatic N) is 3. The highest BCUT2D eigenvalue weighted by atomic mass is 32.2. The molecule has 0 atom stereocenters. The van der Waals surface area contributed by atoms with Crippen LogP contribution in [0, 0.1) is 18.3 Å². The molecule has 212 valence electrons. The average Bonchev–Trinajstić information content (AvgIpc) is 3.32. The van der Waals surface area contributed by atoms with E-state index in [1.165, 1.54) is 11.8 Å². The number of H-pyrrole nitrogens is 1. The number of imidazole rings is 1. The van der Waals surface area contributed by atoms with Crippen LogP contribution in [0.3, 0.4) is 0 Å². The van der Waals surface area contributed by atoms with Gasteiger partial charge in [0.05, 0.1) is 36.2 Å². The summed E-state index contributed by atoms with van der Waals surface area (Å²) in [6.45, 7) is 7.32. The van der Waals surface area contributed by atoms with Crippen molar-refractivity contribution in [1.29, 1.82) is 5.26 Å². The van der Waals surface area contributed by atoms with Gasteiger partial charge in [-0.05, 0) is 65.5 Å². The number of hydrogen-bond acceptors (Lipinski definition) is 9. The fourth-order valence-electron chi connectivity index (χ4n) is 4.42. The number of thioether (sulfide) groups is 1. The molecule has 1 fully saturated rings. The van der Waals surface area contributed by atoms with Gasteiger partial charge in [-0.15, -0.1) is 0 Å². The number of carbonyl (C=O) groups excluding carboxylic acids is 2. The molecule has 11 nitrogen and oxygen atoms in total. The summed E-state index contributed by atoms with van der Waals surface area (Å²) >= 11 is 1.26. The molecule has 3 N–H and O–H groups in total. The maximum atomic E-state index is 12.7. The third-order valence-corrected chi connectivity index (χ3v) is 7.20. The van der Waals surface area contributed by atoms with Crippen molar-refractivity contribution in [1.82, 2.24) is 20.3 Å². The molecular formula is C28H34N6O5S. The average molecular weight is 567 g/mol. The zero-order chi connectivity index (χ0) is 28.9. The van der Waals surface area contributed by atoms with Crippen molar-refractivity contribution in [3.8, 4) is 17.6 Å². The summed E-state index contributed by atoms with van der Waals surface area (Å²) in [4.78, 5) is 36.5. The summed E-state index contributed by atoms with van der Waals surface area (Å²) in [6, 6.07) is 7.37. The number of nitriles is 1. The van der Waals surface area contributed by atoms with Gasteiger partial charge in [-0.2, -0.15) is 5.26 Å². The Morgan fingerprint density at radius 3 is 2.62 bits per heavy atom. The molecule has 0 saturated heterocycles. The van der Waals surface area contributed by atoms with E-state index < -0.39 is 11.7 Å². The summed E-state index contributed by atoms with van der Waals surface area (Å²) < 4.78 is 17.1. The smallest absolute Gasteiger partial charge is 0.407 e. The molecule has 2 aromatic heterocycles. The van der Waals surface area contributed by atoms with Crippen LogP contribution in [0.15, 0.2) is 29.6 Å². The number of methoxy groups -OCH3 is 1. The number of amides is 2. The normalized spacial score (nSPS) is 17.1. The number of hydrogen-bond donors (Lipinski definition) is 3. The largest absolute Gasteiger partial charge is 0.493 e. The molecule has 1 saturated carbocycles. The van der Waals surface area contributed by atoms with Crippen LogP contribution < -0.4 is 20.1 Å². The first-order valence-electron chi connectivity index (χ1n) is 13.1. The molecule has 2 amide bonds. The standard InChI is InChI=1S/C28H34N6O5S/c1-16-20(13-29)30-14-21-25(16)34-26(33-21)40-15-24(35)31-18-8-11-22(37-5)23(12-18)38-19-9-6-17(7-10-19)32-27(36)39-28(2,3)4/h8,11-12,14,17,19H,6-7,9-10,15H2,1-5H3,(H,31,35)(H,32,36)(H,33,34)/t17-,19-. The van der Waals surface area contributed by atoms with E-state index in [0.29, 0.717) is 44.6 Å². The second kappa shape index (κ2) is 12.5. The zero-order valence-corrected chi connectivity index (χ0v) is 24.1. The lowest BCUT2D eigenvalue weighted by Gasteiger charge is -2.30. The van der Waals surface area contributed by atoms with Gasteiger partial charge in [0.1, 0.15) is 17.4 Å². The summed E-state index contributed by atoms with van der Waals surface area (Å²) in [5.74, 6) is 1.05. The Kier molecular flexibility index (Phi) is 9.04. The second-order valence-electron chi connectivity index (χ2n) is 10.6. The molecule has 12 heteroatoms. The van der Waals surface area contributed by atoms with Crippen LogP contribution in [0.5, 0.6) is 11.5 Å². The molecule has 1 aliphatic carbocycles. The Labute approximate surface area is 237 Å². The van der Waals surface area contributed by atoms with Crippen molar-refractivity contribution in [3.63, 3.8) is 0 Å². The number of aromatic amines is 1. The summed E-state index contributed by atoms with van der Waals surface area (Å²) in [5, 5.41) is 15.6. The van der Waals surface area contributed by atoms with E-state index in [1.807, 2.05) is 20.8 Å². The minimum Gasteiger partial charge on any atom is -0.493 e. The van der Waals surface area contributed by atoms with E-state index >= 15 is 0 Å². The molecular weight excluding hydrogens is 532 g/mol. The number of aromatic nitrogens is 3. The molecule has 0 spiro atoms. The molecule has 40 heavy (non-hydrogen) atoms. The highest BCUT2D eigenvalue weighted by Gasteiger charge is 2.26. The summed E-state index contributed by atoms with van der Waals surface area (Å²) in [7, 11) is 1.57. The van der Waals surface area contributed by atoms with Crippen LogP contribution in [0.2, 0.25) is 0 Å². The molecule has 2 heterocycles. The highest BCUT2D eigenvalue weighted by Crippen LogP contribution is 2.34. The number of carbonyl (C=O) groups is 2. The lowest BCUT2D eigenvalue weighted by molar-refractivity contribution is -0.113. The minimum absolute atomic E-state index is 0.0417. The molecule has 4 rings (SSSR count). The number of pyridine rings is 1. The first-order chi connectivity index (χ1) is 19.0. The monoisotopic (exact) mass is 566 g/mol. The lowest BCUT2D eigenvalue weighted by atomic mass is 9.93. The fraction of sp³-hybridized carbons (Fsp3) is 0.464. The van der Waals surface area contributed by atoms with Gasteiger partial charge in [0.25, 0.3) is 0 Å². The SMILES string of the molecule is COc1ccc(NC(=O)CSc2nc3c(C)c(C#N)ncc3[nH]2)cc1O[C@H]1CC[C@H](NC(=O)OC(C)(C)C)CC1. The van der Waals surface area contributed by atoms with E-state index in [0.717, 1.165) is 25.7 Å². The van der Waals surface area contributed by atoms with Crippen molar-refractivity contribution in [2.24, 2.45) is 0 Å². The predicted molar refractivity (Wildman–Crippen MR) is 152 cm³/mol. The quantitative estimate of drug-likeness (QED) is 0.317. The Hall–Kier alpha value is -3.98. The fourth-order valence-corrected chi connectivity index (χ4v) is 5.10. The topological polar surface area (TPSA) is 151 Å². The Balaban J connectivity index is 1.30. The first-order valence-corrected chi connectivity index (χ1v) is 14.1. The number of ether oxygens (including phenoxy) is 3. The predicted octanol–water partition coefficient (Wildman–Crippen LogP) is 5.09. The summed E-state index contributed by atoms with van der Waals surface area (Å²) in [6.07, 6.45) is 4.20. The number of nitrogens with one attached hydrogen (secondary N) is 3. The number of alkyl carbamates (subject to hydrolysis) is 1. The van der Waals surface area contributed by atoms with E-state index in [1.54, 1.807) is 38.4 Å². The van der Waals surface area contributed by atoms with Crippen LogP contribution in [-0.2, 0) is 9.53 Å². The minimum atomic E-state index is -0.534. The van der Waals surface area contributed by atoms with Crippen LogP contribution in [0.25, 0.3) is 11.0 Å². The van der Waals surface area contributed by atoms with Gasteiger partial charge in [-0.3, -0.25) is 4.79 Å². The first kappa shape index (κ1) is 29.0. The second-order valence-corrected chi connectivity index (χ2v) is 11.6. The molecule has 3 aromatic rings. The maximum absolute atomic E-state index is 12.7. The highest BCUT2D eigenvalue weighted by molar-refractivity contribution is 7.99. The van der Waals surface area contributed by atoms with Crippen LogP contribution in [0.1, 0.15) is 57.7 Å². The Morgan fingerprint density at radius 2 is 1.95 bits per heavy atom. The van der Waals surface area contributed by atoms with E-state index in [4.69, 9.17) is 14.2 Å². The maximum Gasteiger partial charge on any atom is 0.407 e. The van der Waals surface area contributed by atoms with Gasteiger partial charge in [0.15, 0.2) is 16.7 Å². The van der Waals surface area contributed by atoms with Crippen molar-refractivity contribution in [2.75, 3.05) is 18.2 Å². The van der Waals surface area contributed by atoms with E-state index in [-0.39, 0.29) is 23.8 Å². The molecule has 1 aromatic carbocycles. The van der Waals surface area contributed by atoms with Gasteiger partial charge in [0.2, 0.25) is 5.91 Å².